The van der Waals surface area contributed by atoms with Crippen molar-refractivity contribution in [2.24, 2.45) is 11.8 Å². The van der Waals surface area contributed by atoms with Gasteiger partial charge in [0, 0.05) is 29.6 Å². The Kier molecular flexibility index (Phi) is 3.77. The van der Waals surface area contributed by atoms with Crippen LogP contribution in [0.2, 0.25) is 0 Å². The number of amides is 1. The summed E-state index contributed by atoms with van der Waals surface area (Å²) in [5.41, 5.74) is 5.60. The van der Waals surface area contributed by atoms with Crippen LogP contribution in [0.5, 0.6) is 0 Å². The highest BCUT2D eigenvalue weighted by Gasteiger charge is 2.42. The summed E-state index contributed by atoms with van der Waals surface area (Å²) in [6.07, 6.45) is 2.72. The summed E-state index contributed by atoms with van der Waals surface area (Å²) in [6, 6.07) is 12.6. The first-order chi connectivity index (χ1) is 13.1. The molecule has 0 bridgehead atoms. The second kappa shape index (κ2) is 6.18. The average molecular weight is 377 g/mol. The Morgan fingerprint density at radius 1 is 1.33 bits per heavy atom. The van der Waals surface area contributed by atoms with Crippen LogP contribution >= 0.6 is 11.3 Å². The number of thiazole rings is 1. The Balaban J connectivity index is 1.50. The molecule has 1 amide bonds. The molecule has 0 aliphatic heterocycles. The number of rotatable bonds is 4. The predicted octanol–water partition coefficient (Wildman–Crippen LogP) is 4.32. The van der Waals surface area contributed by atoms with Crippen LogP contribution in [-0.2, 0) is 4.79 Å². The third-order valence-corrected chi connectivity index (χ3v) is 6.28. The van der Waals surface area contributed by atoms with Gasteiger partial charge < -0.3 is 15.4 Å². The largest absolute Gasteiger partial charge is 0.396 e. The fourth-order valence-electron chi connectivity index (χ4n) is 3.73. The summed E-state index contributed by atoms with van der Waals surface area (Å²) >= 11 is 1.49. The fraction of sp³-hybridized carbons (Fsp3) is 0.238. The minimum atomic E-state index is -0.0774. The highest BCUT2D eigenvalue weighted by molar-refractivity contribution is 7.22. The van der Waals surface area contributed by atoms with Crippen LogP contribution in [0.1, 0.15) is 12.0 Å². The lowest BCUT2D eigenvalue weighted by Crippen LogP contribution is -2.15. The third kappa shape index (κ3) is 2.81. The lowest BCUT2D eigenvalue weighted by Gasteiger charge is -2.08. The molecule has 27 heavy (non-hydrogen) atoms. The van der Waals surface area contributed by atoms with Gasteiger partial charge in [-0.05, 0) is 60.2 Å². The number of fused-ring (bicyclic) bond motifs is 2. The van der Waals surface area contributed by atoms with E-state index in [9.17, 15) is 4.79 Å². The molecule has 1 aliphatic rings. The molecule has 0 saturated heterocycles. The summed E-state index contributed by atoms with van der Waals surface area (Å²) < 4.78 is 1.05. The quantitative estimate of drug-likeness (QED) is 0.496. The van der Waals surface area contributed by atoms with Crippen LogP contribution in [0.15, 0.2) is 42.6 Å². The number of nitrogens with zero attached hydrogens (tertiary/aromatic N) is 1. The maximum absolute atomic E-state index is 12.2. The zero-order chi connectivity index (χ0) is 18.5. The van der Waals surface area contributed by atoms with Crippen LogP contribution in [0.4, 0.5) is 5.13 Å². The number of hydrogen-bond acceptors (Lipinski definition) is 4. The van der Waals surface area contributed by atoms with Crippen molar-refractivity contribution in [2.45, 2.75) is 13.3 Å². The van der Waals surface area contributed by atoms with Crippen molar-refractivity contribution in [1.82, 2.24) is 9.97 Å². The van der Waals surface area contributed by atoms with Gasteiger partial charge in [-0.25, -0.2) is 4.98 Å². The molecule has 2 atom stereocenters. The van der Waals surface area contributed by atoms with E-state index in [1.807, 2.05) is 12.3 Å². The predicted molar refractivity (Wildman–Crippen MR) is 109 cm³/mol. The van der Waals surface area contributed by atoms with E-state index in [1.165, 1.54) is 27.8 Å². The maximum atomic E-state index is 12.2. The number of aryl methyl sites for hydroxylation is 1. The molecule has 5 rings (SSSR count). The number of aliphatic hydroxyl groups is 1. The standard InChI is InChI=1S/C21H19N3O2S/c1-11-2-4-16-14(6-7-22-16)19(11)12-3-5-17-18(9-12)27-21(23-17)24-20(26)15-8-13(15)10-25/h2-7,9,13,15,22,25H,8,10H2,1H3,(H,23,24,26)/t13-,15-/m1/s1. The molecule has 136 valence electrons. The number of aliphatic hydroxyl groups excluding tert-OH is 1. The maximum Gasteiger partial charge on any atom is 0.229 e. The molecule has 2 aromatic carbocycles. The smallest absolute Gasteiger partial charge is 0.229 e. The number of anilines is 1. The van der Waals surface area contributed by atoms with Crippen LogP contribution < -0.4 is 5.32 Å². The van der Waals surface area contributed by atoms with E-state index < -0.39 is 0 Å². The molecule has 2 aromatic heterocycles. The van der Waals surface area contributed by atoms with Crippen LogP contribution in [0, 0.1) is 18.8 Å². The number of carbonyl (C=O) groups excluding carboxylic acids is 1. The molecule has 3 N–H and O–H groups in total. The lowest BCUT2D eigenvalue weighted by atomic mass is 9.97. The van der Waals surface area contributed by atoms with Crippen LogP contribution in [0.25, 0.3) is 32.2 Å². The first kappa shape index (κ1) is 16.5. The summed E-state index contributed by atoms with van der Waals surface area (Å²) in [5.74, 6) is -0.0107. The molecular weight excluding hydrogens is 358 g/mol. The molecular formula is C21H19N3O2S. The molecule has 6 heteroatoms. The SMILES string of the molecule is Cc1ccc2[nH]ccc2c1-c1ccc2nc(NC(=O)[C@@H]3C[C@@H]3CO)sc2c1. The summed E-state index contributed by atoms with van der Waals surface area (Å²) in [4.78, 5) is 20.0. The minimum Gasteiger partial charge on any atom is -0.396 e. The van der Waals surface area contributed by atoms with Gasteiger partial charge in [0.25, 0.3) is 0 Å². The van der Waals surface area contributed by atoms with E-state index in [-0.39, 0.29) is 24.3 Å². The van der Waals surface area contributed by atoms with Crippen molar-refractivity contribution in [3.63, 3.8) is 0 Å². The number of hydrogen-bond donors (Lipinski definition) is 3. The van der Waals surface area contributed by atoms with E-state index >= 15 is 0 Å². The molecule has 1 aliphatic carbocycles. The van der Waals surface area contributed by atoms with E-state index in [1.54, 1.807) is 0 Å². The normalized spacial score (nSPS) is 18.9. The lowest BCUT2D eigenvalue weighted by molar-refractivity contribution is -0.117. The topological polar surface area (TPSA) is 78.0 Å². The second-order valence-electron chi connectivity index (χ2n) is 7.17. The fourth-order valence-corrected chi connectivity index (χ4v) is 4.64. The zero-order valence-corrected chi connectivity index (χ0v) is 15.6. The number of aromatic amines is 1. The number of nitrogens with one attached hydrogen (secondary N) is 2. The number of H-pyrrole nitrogens is 1. The molecule has 0 radical (unpaired) electrons. The van der Waals surface area contributed by atoms with Gasteiger partial charge in [-0.1, -0.05) is 23.5 Å². The van der Waals surface area contributed by atoms with Crippen LogP contribution in [0.3, 0.4) is 0 Å². The first-order valence-electron chi connectivity index (χ1n) is 9.03. The van der Waals surface area contributed by atoms with Gasteiger partial charge in [0.1, 0.15) is 0 Å². The molecule has 1 saturated carbocycles. The van der Waals surface area contributed by atoms with Crippen molar-refractivity contribution in [1.29, 1.82) is 0 Å². The Labute approximate surface area is 160 Å². The summed E-state index contributed by atoms with van der Waals surface area (Å²) in [7, 11) is 0. The highest BCUT2D eigenvalue weighted by Crippen LogP contribution is 2.40. The Hall–Kier alpha value is -2.70. The molecule has 0 spiro atoms. The monoisotopic (exact) mass is 377 g/mol. The third-order valence-electron chi connectivity index (χ3n) is 5.34. The van der Waals surface area contributed by atoms with Gasteiger partial charge in [-0.2, -0.15) is 0 Å². The highest BCUT2D eigenvalue weighted by atomic mass is 32.1. The number of carbonyl (C=O) groups is 1. The van der Waals surface area contributed by atoms with Gasteiger partial charge in [0.2, 0.25) is 5.91 Å². The van der Waals surface area contributed by atoms with Gasteiger partial charge in [0.05, 0.1) is 10.2 Å². The zero-order valence-electron chi connectivity index (χ0n) is 14.8. The first-order valence-corrected chi connectivity index (χ1v) is 9.85. The Morgan fingerprint density at radius 2 is 2.22 bits per heavy atom. The van der Waals surface area contributed by atoms with Crippen molar-refractivity contribution in [2.75, 3.05) is 11.9 Å². The van der Waals surface area contributed by atoms with Gasteiger partial charge >= 0.3 is 0 Å². The summed E-state index contributed by atoms with van der Waals surface area (Å²) in [6.45, 7) is 2.20. The average Bonchev–Trinajstić information content (AvgIpc) is 3.12. The Bertz CT molecular complexity index is 1180. The molecule has 0 unspecified atom stereocenters. The Morgan fingerprint density at radius 3 is 3.04 bits per heavy atom. The van der Waals surface area contributed by atoms with Crippen molar-refractivity contribution >= 4 is 43.5 Å². The van der Waals surface area contributed by atoms with Crippen molar-refractivity contribution in [3.05, 3.63) is 48.2 Å². The second-order valence-corrected chi connectivity index (χ2v) is 8.20. The van der Waals surface area contributed by atoms with Crippen molar-refractivity contribution in [3.8, 4) is 11.1 Å². The summed E-state index contributed by atoms with van der Waals surface area (Å²) in [5, 5.41) is 13.9. The number of benzene rings is 2. The molecule has 5 nitrogen and oxygen atoms in total. The number of aromatic nitrogens is 2. The molecule has 2 heterocycles. The van der Waals surface area contributed by atoms with Gasteiger partial charge in [0.15, 0.2) is 5.13 Å². The van der Waals surface area contributed by atoms with Gasteiger partial charge in [-0.3, -0.25) is 4.79 Å². The van der Waals surface area contributed by atoms with E-state index in [4.69, 9.17) is 5.11 Å². The van der Waals surface area contributed by atoms with Gasteiger partial charge in [-0.15, -0.1) is 0 Å². The van der Waals surface area contributed by atoms with Crippen molar-refractivity contribution < 1.29 is 9.90 Å². The van der Waals surface area contributed by atoms with E-state index in [2.05, 4.69) is 52.5 Å². The molecule has 1 fully saturated rings. The van der Waals surface area contributed by atoms with Crippen LogP contribution in [-0.4, -0.2) is 27.6 Å². The van der Waals surface area contributed by atoms with E-state index in [0.29, 0.717) is 5.13 Å². The molecule has 4 aromatic rings. The van der Waals surface area contributed by atoms with E-state index in [0.717, 1.165) is 27.7 Å². The minimum absolute atomic E-state index is 0.0405.